The third-order valence-electron chi connectivity index (χ3n) is 4.93. The SMILES string of the molecule is Cc1nc(NC2CCN(c3nccc(-c4cccnc4)n3)C2)c2[nH]ccc2n1. The molecular weight excluding hydrogens is 352 g/mol. The van der Waals surface area contributed by atoms with E-state index in [9.17, 15) is 0 Å². The quantitative estimate of drug-likeness (QED) is 0.569. The minimum Gasteiger partial charge on any atom is -0.364 e. The van der Waals surface area contributed by atoms with Gasteiger partial charge in [-0.25, -0.2) is 19.9 Å². The van der Waals surface area contributed by atoms with Crippen LogP contribution in [0.3, 0.4) is 0 Å². The summed E-state index contributed by atoms with van der Waals surface area (Å²) < 4.78 is 0. The van der Waals surface area contributed by atoms with E-state index in [1.807, 2.05) is 49.8 Å². The van der Waals surface area contributed by atoms with Crippen LogP contribution in [0.5, 0.6) is 0 Å². The normalized spacial score (nSPS) is 16.6. The predicted octanol–water partition coefficient (Wildman–Crippen LogP) is 2.81. The Morgan fingerprint density at radius 1 is 1.14 bits per heavy atom. The summed E-state index contributed by atoms with van der Waals surface area (Å²) in [6, 6.07) is 8.07. The van der Waals surface area contributed by atoms with Crippen molar-refractivity contribution in [2.45, 2.75) is 19.4 Å². The summed E-state index contributed by atoms with van der Waals surface area (Å²) in [6.45, 7) is 3.63. The largest absolute Gasteiger partial charge is 0.364 e. The highest BCUT2D eigenvalue weighted by Gasteiger charge is 2.25. The maximum Gasteiger partial charge on any atom is 0.225 e. The van der Waals surface area contributed by atoms with Crippen molar-refractivity contribution >= 4 is 22.8 Å². The van der Waals surface area contributed by atoms with Gasteiger partial charge in [-0.3, -0.25) is 4.98 Å². The molecule has 1 saturated heterocycles. The van der Waals surface area contributed by atoms with Crippen LogP contribution in [-0.4, -0.2) is 49.0 Å². The standard InChI is InChI=1S/C20H20N8/c1-13-24-17-5-8-22-18(17)19(25-13)26-15-6-10-28(12-15)20-23-9-4-16(27-20)14-3-2-7-21-11-14/h2-5,7-9,11,15,22H,6,10,12H2,1H3,(H,24,25,26). The molecule has 2 N–H and O–H groups in total. The van der Waals surface area contributed by atoms with Gasteiger partial charge in [-0.05, 0) is 37.6 Å². The van der Waals surface area contributed by atoms with Crippen LogP contribution in [0.4, 0.5) is 11.8 Å². The number of rotatable bonds is 4. The fraction of sp³-hybridized carbons (Fsp3) is 0.250. The van der Waals surface area contributed by atoms with Gasteiger partial charge >= 0.3 is 0 Å². The number of nitrogens with zero attached hydrogens (tertiary/aromatic N) is 6. The van der Waals surface area contributed by atoms with Crippen molar-refractivity contribution in [2.75, 3.05) is 23.3 Å². The Bertz CT molecular complexity index is 1110. The first-order valence-electron chi connectivity index (χ1n) is 9.33. The molecule has 0 amide bonds. The van der Waals surface area contributed by atoms with E-state index in [4.69, 9.17) is 4.98 Å². The van der Waals surface area contributed by atoms with E-state index < -0.39 is 0 Å². The monoisotopic (exact) mass is 372 g/mol. The Labute approximate surface area is 162 Å². The molecular formula is C20H20N8. The molecule has 0 saturated carbocycles. The number of H-pyrrole nitrogens is 1. The Morgan fingerprint density at radius 3 is 3.00 bits per heavy atom. The van der Waals surface area contributed by atoms with Crippen LogP contribution in [-0.2, 0) is 0 Å². The summed E-state index contributed by atoms with van der Waals surface area (Å²) in [5, 5.41) is 3.57. The lowest BCUT2D eigenvalue weighted by Gasteiger charge is -2.18. The molecule has 5 heterocycles. The highest BCUT2D eigenvalue weighted by atomic mass is 15.3. The summed E-state index contributed by atoms with van der Waals surface area (Å²) in [6.07, 6.45) is 8.27. The molecule has 1 aliphatic rings. The molecule has 1 fully saturated rings. The zero-order valence-corrected chi connectivity index (χ0v) is 15.5. The molecule has 8 heteroatoms. The minimum absolute atomic E-state index is 0.270. The molecule has 5 rings (SSSR count). The molecule has 0 spiro atoms. The Morgan fingerprint density at radius 2 is 2.11 bits per heavy atom. The van der Waals surface area contributed by atoms with Gasteiger partial charge in [0.05, 0.1) is 11.2 Å². The molecule has 1 atom stereocenters. The Kier molecular flexibility index (Phi) is 4.08. The zero-order valence-electron chi connectivity index (χ0n) is 15.5. The van der Waals surface area contributed by atoms with Crippen molar-refractivity contribution in [2.24, 2.45) is 0 Å². The molecule has 4 aromatic heterocycles. The molecule has 4 aromatic rings. The topological polar surface area (TPSA) is 95.5 Å². The highest BCUT2D eigenvalue weighted by molar-refractivity contribution is 5.85. The lowest BCUT2D eigenvalue weighted by atomic mass is 10.2. The van der Waals surface area contributed by atoms with Gasteiger partial charge in [0.15, 0.2) is 5.82 Å². The van der Waals surface area contributed by atoms with E-state index in [0.29, 0.717) is 0 Å². The molecule has 140 valence electrons. The van der Waals surface area contributed by atoms with Crippen molar-refractivity contribution in [3.63, 3.8) is 0 Å². The van der Waals surface area contributed by atoms with Gasteiger partial charge in [0.1, 0.15) is 11.3 Å². The van der Waals surface area contributed by atoms with E-state index in [1.165, 1.54) is 0 Å². The van der Waals surface area contributed by atoms with Crippen LogP contribution < -0.4 is 10.2 Å². The van der Waals surface area contributed by atoms with Crippen LogP contribution >= 0.6 is 0 Å². The van der Waals surface area contributed by atoms with Gasteiger partial charge in [-0.1, -0.05) is 0 Å². The minimum atomic E-state index is 0.270. The van der Waals surface area contributed by atoms with Crippen LogP contribution in [0.2, 0.25) is 0 Å². The van der Waals surface area contributed by atoms with Crippen molar-refractivity contribution in [3.8, 4) is 11.3 Å². The summed E-state index contributed by atoms with van der Waals surface area (Å²) in [5.41, 5.74) is 3.75. The number of pyridine rings is 1. The summed E-state index contributed by atoms with van der Waals surface area (Å²) >= 11 is 0. The van der Waals surface area contributed by atoms with Gasteiger partial charge in [-0.2, -0.15) is 0 Å². The summed E-state index contributed by atoms with van der Waals surface area (Å²) in [4.78, 5) is 27.9. The van der Waals surface area contributed by atoms with Crippen LogP contribution in [0.15, 0.2) is 49.1 Å². The first-order chi connectivity index (χ1) is 13.8. The number of aromatic amines is 1. The van der Waals surface area contributed by atoms with Gasteiger partial charge < -0.3 is 15.2 Å². The fourth-order valence-corrected chi connectivity index (χ4v) is 3.59. The van der Waals surface area contributed by atoms with E-state index in [-0.39, 0.29) is 6.04 Å². The summed E-state index contributed by atoms with van der Waals surface area (Å²) in [5.74, 6) is 2.36. The van der Waals surface area contributed by atoms with Crippen LogP contribution in [0.25, 0.3) is 22.3 Å². The highest BCUT2D eigenvalue weighted by Crippen LogP contribution is 2.24. The third kappa shape index (κ3) is 3.13. The lowest BCUT2D eigenvalue weighted by molar-refractivity contribution is 0.797. The van der Waals surface area contributed by atoms with Gasteiger partial charge in [0.25, 0.3) is 0 Å². The van der Waals surface area contributed by atoms with E-state index in [0.717, 1.165) is 59.4 Å². The molecule has 0 aromatic carbocycles. The van der Waals surface area contributed by atoms with E-state index in [1.54, 1.807) is 6.20 Å². The Hall–Kier alpha value is -3.55. The van der Waals surface area contributed by atoms with Crippen molar-refractivity contribution < 1.29 is 0 Å². The zero-order chi connectivity index (χ0) is 18.9. The molecule has 0 aliphatic carbocycles. The van der Waals surface area contributed by atoms with Crippen molar-refractivity contribution in [1.82, 2.24) is 29.9 Å². The summed E-state index contributed by atoms with van der Waals surface area (Å²) in [7, 11) is 0. The number of anilines is 2. The van der Waals surface area contributed by atoms with Crippen LogP contribution in [0.1, 0.15) is 12.2 Å². The second-order valence-corrected chi connectivity index (χ2v) is 6.92. The molecule has 1 unspecified atom stereocenters. The fourth-order valence-electron chi connectivity index (χ4n) is 3.59. The number of fused-ring (bicyclic) bond motifs is 1. The van der Waals surface area contributed by atoms with Crippen molar-refractivity contribution in [3.05, 3.63) is 54.9 Å². The average Bonchev–Trinajstić information content (AvgIpc) is 3.38. The second kappa shape index (κ2) is 6.88. The number of nitrogens with one attached hydrogen (secondary N) is 2. The lowest BCUT2D eigenvalue weighted by Crippen LogP contribution is -2.27. The van der Waals surface area contributed by atoms with Crippen molar-refractivity contribution in [1.29, 1.82) is 0 Å². The molecule has 1 aliphatic heterocycles. The van der Waals surface area contributed by atoms with E-state index in [2.05, 4.69) is 35.1 Å². The molecule has 28 heavy (non-hydrogen) atoms. The predicted molar refractivity (Wildman–Crippen MR) is 108 cm³/mol. The average molecular weight is 372 g/mol. The maximum atomic E-state index is 4.74. The van der Waals surface area contributed by atoms with Crippen LogP contribution in [0, 0.1) is 6.92 Å². The number of aryl methyl sites for hydroxylation is 1. The number of hydrogen-bond acceptors (Lipinski definition) is 7. The Balaban J connectivity index is 1.34. The second-order valence-electron chi connectivity index (χ2n) is 6.92. The molecule has 0 radical (unpaired) electrons. The number of hydrogen-bond donors (Lipinski definition) is 2. The maximum absolute atomic E-state index is 4.74. The first-order valence-corrected chi connectivity index (χ1v) is 9.33. The third-order valence-corrected chi connectivity index (χ3v) is 4.93. The first kappa shape index (κ1) is 16.6. The molecule has 8 nitrogen and oxygen atoms in total. The smallest absolute Gasteiger partial charge is 0.225 e. The number of aromatic nitrogens is 6. The van der Waals surface area contributed by atoms with E-state index >= 15 is 0 Å². The van der Waals surface area contributed by atoms with Gasteiger partial charge in [-0.15, -0.1) is 0 Å². The molecule has 0 bridgehead atoms. The van der Waals surface area contributed by atoms with Gasteiger partial charge in [0.2, 0.25) is 5.95 Å². The van der Waals surface area contributed by atoms with Gasteiger partial charge in [0, 0.05) is 49.5 Å².